The molecule has 0 aromatic heterocycles. The van der Waals surface area contributed by atoms with Crippen molar-refractivity contribution in [3.63, 3.8) is 0 Å². The summed E-state index contributed by atoms with van der Waals surface area (Å²) in [7, 11) is 0. The molecule has 1 N–H and O–H groups in total. The molecule has 3 nitrogen and oxygen atoms in total. The number of nitrogens with zero attached hydrogens (tertiary/aromatic N) is 1. The Bertz CT molecular complexity index is 527. The maximum absolute atomic E-state index is 11.5. The van der Waals surface area contributed by atoms with E-state index >= 15 is 0 Å². The first kappa shape index (κ1) is 14.6. The van der Waals surface area contributed by atoms with E-state index in [4.69, 9.17) is 0 Å². The van der Waals surface area contributed by atoms with Crippen LogP contribution >= 0.6 is 0 Å². The van der Waals surface area contributed by atoms with Crippen LogP contribution in [-0.2, 0) is 4.79 Å². The van der Waals surface area contributed by atoms with Crippen LogP contribution in [0.2, 0.25) is 0 Å². The maximum Gasteiger partial charge on any atom is 0.311 e. The molecule has 0 amide bonds. The Morgan fingerprint density at radius 1 is 1.40 bits per heavy atom. The van der Waals surface area contributed by atoms with Gasteiger partial charge in [0.25, 0.3) is 0 Å². The monoisotopic (exact) mass is 271 g/mol. The largest absolute Gasteiger partial charge is 0.481 e. The molecule has 1 unspecified atom stereocenters. The Kier molecular flexibility index (Phi) is 4.46. The van der Waals surface area contributed by atoms with E-state index in [9.17, 15) is 9.90 Å². The number of likely N-dealkylation sites (tertiary alicyclic amines) is 1. The fourth-order valence-electron chi connectivity index (χ4n) is 2.72. The lowest BCUT2D eigenvalue weighted by Crippen LogP contribution is -2.39. The highest BCUT2D eigenvalue weighted by atomic mass is 16.4. The summed E-state index contributed by atoms with van der Waals surface area (Å²) in [6.45, 7) is 6.04. The molecule has 1 aliphatic heterocycles. The van der Waals surface area contributed by atoms with E-state index in [-0.39, 0.29) is 5.92 Å². The third-order valence-corrected chi connectivity index (χ3v) is 4.22. The van der Waals surface area contributed by atoms with Crippen molar-refractivity contribution in [2.75, 3.05) is 19.6 Å². The van der Waals surface area contributed by atoms with Gasteiger partial charge < -0.3 is 5.11 Å². The van der Waals surface area contributed by atoms with E-state index in [0.29, 0.717) is 19.5 Å². The second-order valence-corrected chi connectivity index (χ2v) is 5.74. The molecular weight excluding hydrogens is 250 g/mol. The molecule has 0 spiro atoms. The third-order valence-electron chi connectivity index (χ3n) is 4.22. The molecule has 0 radical (unpaired) electrons. The maximum atomic E-state index is 11.5. The lowest BCUT2D eigenvalue weighted by atomic mass is 9.76. The van der Waals surface area contributed by atoms with Crippen molar-refractivity contribution in [1.82, 2.24) is 4.90 Å². The summed E-state index contributed by atoms with van der Waals surface area (Å²) >= 11 is 0. The predicted octanol–water partition coefficient (Wildman–Crippen LogP) is 2.47. The Morgan fingerprint density at radius 3 is 2.65 bits per heavy atom. The van der Waals surface area contributed by atoms with Gasteiger partial charge in [-0.3, -0.25) is 9.69 Å². The highest BCUT2D eigenvalue weighted by molar-refractivity contribution is 5.75. The Hall–Kier alpha value is -1.79. The normalized spacial score (nSPS) is 22.6. The number of benzene rings is 1. The van der Waals surface area contributed by atoms with E-state index < -0.39 is 11.4 Å². The second kappa shape index (κ2) is 6.11. The highest BCUT2D eigenvalue weighted by Crippen LogP contribution is 2.37. The zero-order valence-corrected chi connectivity index (χ0v) is 12.1. The predicted molar refractivity (Wildman–Crippen MR) is 79.3 cm³/mol. The molecule has 1 atom stereocenters. The molecule has 1 aromatic rings. The minimum atomic E-state index is -0.675. The van der Waals surface area contributed by atoms with Crippen molar-refractivity contribution in [3.05, 3.63) is 35.9 Å². The molecule has 0 aliphatic carbocycles. The van der Waals surface area contributed by atoms with E-state index in [1.807, 2.05) is 44.2 Å². The number of hydrogen-bond donors (Lipinski definition) is 1. The molecular formula is C17H21NO2. The number of carbonyl (C=O) groups is 1. The summed E-state index contributed by atoms with van der Waals surface area (Å²) < 4.78 is 0. The quantitative estimate of drug-likeness (QED) is 0.859. The van der Waals surface area contributed by atoms with Gasteiger partial charge in [-0.05, 0) is 24.5 Å². The summed E-state index contributed by atoms with van der Waals surface area (Å²) in [6.07, 6.45) is 0.715. The number of rotatable bonds is 3. The lowest BCUT2D eigenvalue weighted by Gasteiger charge is -2.28. The molecule has 20 heavy (non-hydrogen) atoms. The first-order valence-corrected chi connectivity index (χ1v) is 7.04. The summed E-state index contributed by atoms with van der Waals surface area (Å²) in [5.74, 6) is 5.73. The second-order valence-electron chi connectivity index (χ2n) is 5.74. The average molecular weight is 271 g/mol. The van der Waals surface area contributed by atoms with Crippen molar-refractivity contribution in [2.45, 2.75) is 20.3 Å². The van der Waals surface area contributed by atoms with E-state index in [2.05, 4.69) is 16.7 Å². The van der Waals surface area contributed by atoms with Crippen molar-refractivity contribution in [1.29, 1.82) is 0 Å². The van der Waals surface area contributed by atoms with Gasteiger partial charge in [0.1, 0.15) is 0 Å². The molecule has 106 valence electrons. The van der Waals surface area contributed by atoms with Crippen LogP contribution in [0.15, 0.2) is 30.3 Å². The van der Waals surface area contributed by atoms with Crippen molar-refractivity contribution >= 4 is 5.97 Å². The number of carboxylic acids is 1. The number of hydrogen-bond acceptors (Lipinski definition) is 2. The van der Waals surface area contributed by atoms with Gasteiger partial charge in [-0.1, -0.05) is 43.9 Å². The van der Waals surface area contributed by atoms with Crippen LogP contribution in [0, 0.1) is 23.2 Å². The number of aliphatic carboxylic acids is 1. The van der Waals surface area contributed by atoms with Crippen LogP contribution in [-0.4, -0.2) is 35.6 Å². The van der Waals surface area contributed by atoms with E-state index in [1.54, 1.807) is 0 Å². The molecule has 1 saturated heterocycles. The van der Waals surface area contributed by atoms with Gasteiger partial charge in [0.2, 0.25) is 0 Å². The van der Waals surface area contributed by atoms with Gasteiger partial charge in [-0.2, -0.15) is 0 Å². The van der Waals surface area contributed by atoms with Gasteiger partial charge >= 0.3 is 5.97 Å². The topological polar surface area (TPSA) is 40.5 Å². The summed E-state index contributed by atoms with van der Waals surface area (Å²) in [6, 6.07) is 9.86. The zero-order valence-electron chi connectivity index (χ0n) is 12.1. The van der Waals surface area contributed by atoms with Gasteiger partial charge in [0.15, 0.2) is 0 Å². The van der Waals surface area contributed by atoms with Gasteiger partial charge in [0.05, 0.1) is 12.0 Å². The van der Waals surface area contributed by atoms with E-state index in [1.165, 1.54) is 0 Å². The summed E-state index contributed by atoms with van der Waals surface area (Å²) in [5.41, 5.74) is 0.397. The molecule has 1 aliphatic rings. The fourth-order valence-corrected chi connectivity index (χ4v) is 2.72. The van der Waals surface area contributed by atoms with Crippen LogP contribution < -0.4 is 0 Å². The van der Waals surface area contributed by atoms with Gasteiger partial charge in [-0.25, -0.2) is 0 Å². The van der Waals surface area contributed by atoms with Gasteiger partial charge in [0, 0.05) is 18.7 Å². The zero-order chi connectivity index (χ0) is 14.6. The SMILES string of the molecule is CC(C)C1(C(=O)O)CCN(CC#Cc2ccccc2)C1. The molecule has 1 aromatic carbocycles. The van der Waals surface area contributed by atoms with E-state index in [0.717, 1.165) is 12.1 Å². The lowest BCUT2D eigenvalue weighted by molar-refractivity contribution is -0.150. The Labute approximate surface area is 120 Å². The first-order valence-electron chi connectivity index (χ1n) is 7.04. The third kappa shape index (κ3) is 3.02. The molecule has 0 bridgehead atoms. The smallest absolute Gasteiger partial charge is 0.311 e. The average Bonchev–Trinajstić information content (AvgIpc) is 2.86. The van der Waals surface area contributed by atoms with Crippen LogP contribution in [0.1, 0.15) is 25.8 Å². The van der Waals surface area contributed by atoms with Crippen molar-refractivity contribution in [2.24, 2.45) is 11.3 Å². The minimum absolute atomic E-state index is 0.145. The highest BCUT2D eigenvalue weighted by Gasteiger charge is 2.46. The summed E-state index contributed by atoms with van der Waals surface area (Å²) in [5, 5.41) is 9.49. The molecule has 1 heterocycles. The fraction of sp³-hybridized carbons (Fsp3) is 0.471. The van der Waals surface area contributed by atoms with Crippen LogP contribution in [0.4, 0.5) is 0 Å². The molecule has 1 fully saturated rings. The standard InChI is InChI=1S/C17H21NO2/c1-14(2)17(16(19)20)10-12-18(13-17)11-6-9-15-7-4-3-5-8-15/h3-5,7-8,14H,10-13H2,1-2H3,(H,19,20). The van der Waals surface area contributed by atoms with Crippen molar-refractivity contribution < 1.29 is 9.90 Å². The Morgan fingerprint density at radius 2 is 2.10 bits per heavy atom. The number of carboxylic acid groups (broad SMARTS) is 1. The van der Waals surface area contributed by atoms with Crippen LogP contribution in [0.25, 0.3) is 0 Å². The summed E-state index contributed by atoms with van der Waals surface area (Å²) in [4.78, 5) is 13.7. The molecule has 0 saturated carbocycles. The molecule has 2 rings (SSSR count). The Balaban J connectivity index is 1.97. The van der Waals surface area contributed by atoms with Gasteiger partial charge in [-0.15, -0.1) is 0 Å². The van der Waals surface area contributed by atoms with Crippen molar-refractivity contribution in [3.8, 4) is 11.8 Å². The van der Waals surface area contributed by atoms with Crippen LogP contribution in [0.5, 0.6) is 0 Å². The van der Waals surface area contributed by atoms with Crippen LogP contribution in [0.3, 0.4) is 0 Å². The first-order chi connectivity index (χ1) is 9.54. The molecule has 3 heteroatoms. The minimum Gasteiger partial charge on any atom is -0.481 e.